The minimum absolute atomic E-state index is 0.105. The van der Waals surface area contributed by atoms with Crippen LogP contribution in [0.3, 0.4) is 0 Å². The van der Waals surface area contributed by atoms with Gasteiger partial charge in [0.05, 0.1) is 5.69 Å². The molecule has 0 radical (unpaired) electrons. The number of anilines is 2. The second kappa shape index (κ2) is 13.4. The number of nitro groups is 1. The van der Waals surface area contributed by atoms with Crippen LogP contribution in [0.15, 0.2) is 72.8 Å². The fourth-order valence-corrected chi connectivity index (χ4v) is 4.86. The molecule has 1 aliphatic rings. The van der Waals surface area contributed by atoms with Gasteiger partial charge in [0.2, 0.25) is 11.4 Å². The maximum atomic E-state index is 12.8. The maximum Gasteiger partial charge on any atom is 0.411 e. The molecule has 216 valence electrons. The number of carbonyl (C=O) groups is 2. The molecular weight excluding hydrogens is 520 g/mol. The number of rotatable bonds is 10. The van der Waals surface area contributed by atoms with Crippen LogP contribution in [0.5, 0.6) is 0 Å². The highest BCUT2D eigenvalue weighted by Crippen LogP contribution is 2.30. The van der Waals surface area contributed by atoms with Crippen LogP contribution in [-0.2, 0) is 22.4 Å². The highest BCUT2D eigenvalue weighted by Gasteiger charge is 2.30. The maximum absolute atomic E-state index is 12.8. The van der Waals surface area contributed by atoms with Gasteiger partial charge in [0.15, 0.2) is 0 Å². The van der Waals surface area contributed by atoms with Crippen molar-refractivity contribution in [3.63, 3.8) is 0 Å². The van der Waals surface area contributed by atoms with Gasteiger partial charge in [-0.25, -0.2) is 4.79 Å². The molecule has 0 spiro atoms. The van der Waals surface area contributed by atoms with Crippen molar-refractivity contribution >= 4 is 23.4 Å². The van der Waals surface area contributed by atoms with Crippen LogP contribution in [-0.4, -0.2) is 53.6 Å². The van der Waals surface area contributed by atoms with E-state index in [1.165, 1.54) is 0 Å². The van der Waals surface area contributed by atoms with Crippen molar-refractivity contribution in [1.82, 2.24) is 4.90 Å². The molecule has 0 atom stereocenters. The summed E-state index contributed by atoms with van der Waals surface area (Å²) in [5.74, 6) is -0.147. The summed E-state index contributed by atoms with van der Waals surface area (Å²) in [5.41, 5.74) is 3.80. The van der Waals surface area contributed by atoms with Crippen LogP contribution in [0.1, 0.15) is 44.2 Å². The van der Waals surface area contributed by atoms with Gasteiger partial charge in [-0.3, -0.25) is 20.2 Å². The van der Waals surface area contributed by atoms with Gasteiger partial charge < -0.3 is 15.0 Å². The van der Waals surface area contributed by atoms with Gasteiger partial charge in [0.25, 0.3) is 0 Å². The van der Waals surface area contributed by atoms with Gasteiger partial charge in [0, 0.05) is 56.0 Å². The molecule has 4 rings (SSSR count). The van der Waals surface area contributed by atoms with Crippen molar-refractivity contribution < 1.29 is 19.2 Å². The van der Waals surface area contributed by atoms with Crippen molar-refractivity contribution in [3.8, 4) is 11.1 Å². The molecule has 1 saturated heterocycles. The summed E-state index contributed by atoms with van der Waals surface area (Å²) in [4.78, 5) is 38.6. The number of nitrogens with one attached hydrogen (secondary N) is 2. The lowest BCUT2D eigenvalue weighted by Gasteiger charge is -2.28. The highest BCUT2D eigenvalue weighted by molar-refractivity contribution is 5.92. The third-order valence-corrected chi connectivity index (χ3v) is 7.35. The summed E-state index contributed by atoms with van der Waals surface area (Å²) >= 11 is 0. The smallest absolute Gasteiger partial charge is 0.411 e. The first kappa shape index (κ1) is 29.7. The number of piperidine rings is 1. The van der Waals surface area contributed by atoms with E-state index in [0.29, 0.717) is 24.2 Å². The number of hydrogen-bond acceptors (Lipinski definition) is 6. The Morgan fingerprint density at radius 1 is 0.976 bits per heavy atom. The van der Waals surface area contributed by atoms with Crippen molar-refractivity contribution in [2.24, 2.45) is 0 Å². The Bertz CT molecular complexity index is 1350. The molecule has 1 aliphatic heterocycles. The fraction of sp³-hybridized carbons (Fsp3) is 0.375. The highest BCUT2D eigenvalue weighted by atomic mass is 16.6. The average molecular weight is 559 g/mol. The Morgan fingerprint density at radius 2 is 1.63 bits per heavy atom. The molecule has 41 heavy (non-hydrogen) atoms. The first-order chi connectivity index (χ1) is 19.6. The summed E-state index contributed by atoms with van der Waals surface area (Å²) in [6.45, 7) is 4.98. The number of nitrogens with zero attached hydrogens (tertiary/aromatic N) is 2. The second-order valence-electron chi connectivity index (χ2n) is 11.3. The number of amides is 2. The van der Waals surface area contributed by atoms with Gasteiger partial charge in [-0.1, -0.05) is 54.6 Å². The van der Waals surface area contributed by atoms with E-state index in [1.807, 2.05) is 48.5 Å². The monoisotopic (exact) mass is 558 g/mol. The molecular formula is C32H38N4O5. The van der Waals surface area contributed by atoms with Gasteiger partial charge >= 0.3 is 6.09 Å². The van der Waals surface area contributed by atoms with Crippen LogP contribution in [0.2, 0.25) is 0 Å². The molecule has 1 fully saturated rings. The molecule has 0 unspecified atom stereocenters. The Labute approximate surface area is 241 Å². The summed E-state index contributed by atoms with van der Waals surface area (Å²) < 4.78 is 5.71. The van der Waals surface area contributed by atoms with E-state index in [9.17, 15) is 19.7 Å². The lowest BCUT2D eigenvalue weighted by atomic mass is 9.96. The van der Waals surface area contributed by atoms with E-state index in [1.54, 1.807) is 38.1 Å². The SMILES string of the molecule is CN1CCC(OC(=O)Nc2cc(CCC(=O)Nc3ccc(CC(C)(C)[N+](=O)[O-])cc3)ccc2-c2ccccc2)CC1. The molecule has 0 aliphatic carbocycles. The van der Waals surface area contributed by atoms with Crippen molar-refractivity contribution in [2.45, 2.75) is 57.6 Å². The van der Waals surface area contributed by atoms with Crippen LogP contribution in [0.4, 0.5) is 16.2 Å². The topological polar surface area (TPSA) is 114 Å². The van der Waals surface area contributed by atoms with Gasteiger partial charge in [-0.2, -0.15) is 0 Å². The Balaban J connectivity index is 1.38. The molecule has 9 heteroatoms. The Kier molecular flexibility index (Phi) is 9.73. The molecule has 3 aromatic rings. The minimum atomic E-state index is -1.06. The minimum Gasteiger partial charge on any atom is -0.446 e. The molecule has 1 heterocycles. The van der Waals surface area contributed by atoms with E-state index in [-0.39, 0.29) is 23.4 Å². The third kappa shape index (κ3) is 8.62. The van der Waals surface area contributed by atoms with E-state index in [4.69, 9.17) is 4.74 Å². The van der Waals surface area contributed by atoms with Crippen LogP contribution in [0.25, 0.3) is 11.1 Å². The van der Waals surface area contributed by atoms with Gasteiger partial charge in [0.1, 0.15) is 6.10 Å². The number of carbonyl (C=O) groups excluding carboxylic acids is 2. The lowest BCUT2D eigenvalue weighted by molar-refractivity contribution is -0.560. The Morgan fingerprint density at radius 3 is 2.29 bits per heavy atom. The normalized spacial score (nSPS) is 14.3. The summed E-state index contributed by atoms with van der Waals surface area (Å²) in [6, 6.07) is 22.8. The van der Waals surface area contributed by atoms with E-state index in [2.05, 4.69) is 22.6 Å². The Hall–Kier alpha value is -4.24. The second-order valence-corrected chi connectivity index (χ2v) is 11.3. The summed E-state index contributed by atoms with van der Waals surface area (Å²) in [5, 5.41) is 17.0. The van der Waals surface area contributed by atoms with Crippen molar-refractivity contribution in [2.75, 3.05) is 30.8 Å². The van der Waals surface area contributed by atoms with Gasteiger partial charge in [-0.15, -0.1) is 0 Å². The summed E-state index contributed by atoms with van der Waals surface area (Å²) in [6.07, 6.45) is 2.07. The molecule has 9 nitrogen and oxygen atoms in total. The fourth-order valence-electron chi connectivity index (χ4n) is 4.86. The molecule has 2 N–H and O–H groups in total. The zero-order valence-corrected chi connectivity index (χ0v) is 23.9. The van der Waals surface area contributed by atoms with E-state index >= 15 is 0 Å². The average Bonchev–Trinajstić information content (AvgIpc) is 2.94. The molecule has 0 bridgehead atoms. The molecule has 3 aromatic carbocycles. The molecule has 0 saturated carbocycles. The third-order valence-electron chi connectivity index (χ3n) is 7.35. The number of likely N-dealkylation sites (tertiary alicyclic amines) is 1. The van der Waals surface area contributed by atoms with E-state index in [0.717, 1.165) is 48.2 Å². The predicted molar refractivity (Wildman–Crippen MR) is 161 cm³/mol. The standard InChI is InChI=1S/C32H38N4O5/c1-32(2,36(39)40)22-24-9-13-26(14-10-24)33-30(37)16-12-23-11-15-28(25-7-5-4-6-8-25)29(21-23)34-31(38)41-27-17-19-35(3)20-18-27/h4-11,13-15,21,27H,12,16-20,22H2,1-3H3,(H,33,37)(H,34,38). The van der Waals surface area contributed by atoms with Crippen molar-refractivity contribution in [1.29, 1.82) is 0 Å². The van der Waals surface area contributed by atoms with Gasteiger partial charge in [-0.05, 0) is 61.2 Å². The number of ether oxygens (including phenoxy) is 1. The molecule has 0 aromatic heterocycles. The molecule has 2 amide bonds. The number of hydrogen-bond donors (Lipinski definition) is 2. The van der Waals surface area contributed by atoms with Crippen LogP contribution < -0.4 is 10.6 Å². The van der Waals surface area contributed by atoms with E-state index < -0.39 is 11.6 Å². The van der Waals surface area contributed by atoms with Crippen LogP contribution in [0, 0.1) is 10.1 Å². The number of aryl methyl sites for hydroxylation is 1. The predicted octanol–water partition coefficient (Wildman–Crippen LogP) is 6.17. The van der Waals surface area contributed by atoms with Crippen LogP contribution >= 0.6 is 0 Å². The zero-order chi connectivity index (χ0) is 29.4. The first-order valence-corrected chi connectivity index (χ1v) is 14.0. The summed E-state index contributed by atoms with van der Waals surface area (Å²) in [7, 11) is 2.06. The zero-order valence-electron chi connectivity index (χ0n) is 23.9. The van der Waals surface area contributed by atoms with Crippen molar-refractivity contribution in [3.05, 3.63) is 94.0 Å². The lowest BCUT2D eigenvalue weighted by Crippen LogP contribution is -2.36. The quantitative estimate of drug-likeness (QED) is 0.227. The first-order valence-electron chi connectivity index (χ1n) is 14.0. The largest absolute Gasteiger partial charge is 0.446 e. The number of benzene rings is 3.